The molecule has 1 fully saturated rings. The first-order valence-corrected chi connectivity index (χ1v) is 9.02. The summed E-state index contributed by atoms with van der Waals surface area (Å²) >= 11 is 0. The van der Waals surface area contributed by atoms with Gasteiger partial charge in [-0.25, -0.2) is 0 Å². The van der Waals surface area contributed by atoms with Crippen molar-refractivity contribution in [2.75, 3.05) is 27.2 Å². The van der Waals surface area contributed by atoms with Gasteiger partial charge in [-0.2, -0.15) is 0 Å². The summed E-state index contributed by atoms with van der Waals surface area (Å²) in [6.07, 6.45) is 2.11. The molecule has 1 aliphatic heterocycles. The molecule has 0 aliphatic carbocycles. The van der Waals surface area contributed by atoms with E-state index >= 15 is 0 Å². The number of nitrogens with zero attached hydrogens (tertiary/aromatic N) is 3. The van der Waals surface area contributed by atoms with E-state index in [4.69, 9.17) is 9.26 Å². The molecule has 140 valence electrons. The normalized spacial score (nSPS) is 21.0. The Morgan fingerprint density at radius 2 is 2.20 bits per heavy atom. The van der Waals surface area contributed by atoms with Gasteiger partial charge >= 0.3 is 5.97 Å². The quantitative estimate of drug-likeness (QED) is 0.482. The van der Waals surface area contributed by atoms with E-state index in [-0.39, 0.29) is 17.8 Å². The van der Waals surface area contributed by atoms with E-state index in [1.54, 1.807) is 7.05 Å². The Balaban J connectivity index is 1.94. The zero-order valence-corrected chi connectivity index (χ0v) is 15.9. The molecule has 0 radical (unpaired) electrons. The number of methoxy groups -OCH3 is 1. The van der Waals surface area contributed by atoms with Crippen molar-refractivity contribution in [1.82, 2.24) is 15.4 Å². The summed E-state index contributed by atoms with van der Waals surface area (Å²) in [5.41, 5.74) is 1.01. The van der Waals surface area contributed by atoms with Gasteiger partial charge in [0.25, 0.3) is 0 Å². The molecule has 0 spiro atoms. The molecule has 1 aromatic heterocycles. The Morgan fingerprint density at radius 1 is 1.48 bits per heavy atom. The number of guanidine groups is 1. The van der Waals surface area contributed by atoms with Crippen LogP contribution in [0.25, 0.3) is 0 Å². The molecule has 1 aliphatic rings. The zero-order valence-electron chi connectivity index (χ0n) is 15.9. The maximum atomic E-state index is 11.9. The topological polar surface area (TPSA) is 80.0 Å². The highest BCUT2D eigenvalue weighted by Crippen LogP contribution is 2.25. The summed E-state index contributed by atoms with van der Waals surface area (Å²) in [6.45, 7) is 8.29. The molecular weight excluding hydrogens is 320 g/mol. The maximum Gasteiger partial charge on any atom is 0.310 e. The van der Waals surface area contributed by atoms with Gasteiger partial charge in [-0.05, 0) is 18.8 Å². The number of esters is 1. The van der Waals surface area contributed by atoms with E-state index < -0.39 is 0 Å². The second-order valence-corrected chi connectivity index (χ2v) is 6.64. The van der Waals surface area contributed by atoms with Crippen molar-refractivity contribution in [1.29, 1.82) is 0 Å². The number of rotatable bonds is 6. The molecular formula is C18H30N4O3. The van der Waals surface area contributed by atoms with Crippen LogP contribution in [0.5, 0.6) is 0 Å². The van der Waals surface area contributed by atoms with Crippen LogP contribution in [0.2, 0.25) is 0 Å². The van der Waals surface area contributed by atoms with Crippen LogP contribution in [-0.4, -0.2) is 49.2 Å². The summed E-state index contributed by atoms with van der Waals surface area (Å²) in [6, 6.07) is 2.02. The minimum absolute atomic E-state index is 0.115. The Hall–Kier alpha value is -2.05. The Morgan fingerprint density at radius 3 is 2.80 bits per heavy atom. The lowest BCUT2D eigenvalue weighted by atomic mass is 9.99. The highest BCUT2D eigenvalue weighted by atomic mass is 16.5. The van der Waals surface area contributed by atoms with Crippen LogP contribution in [0.15, 0.2) is 15.6 Å². The van der Waals surface area contributed by atoms with Crippen molar-refractivity contribution in [2.24, 2.45) is 16.8 Å². The van der Waals surface area contributed by atoms with E-state index in [0.29, 0.717) is 19.0 Å². The zero-order chi connectivity index (χ0) is 18.4. The monoisotopic (exact) mass is 350 g/mol. The van der Waals surface area contributed by atoms with Gasteiger partial charge in [0, 0.05) is 32.1 Å². The molecule has 7 heteroatoms. The van der Waals surface area contributed by atoms with Gasteiger partial charge in [0.15, 0.2) is 11.7 Å². The number of hydrogen-bond acceptors (Lipinski definition) is 5. The molecule has 1 N–H and O–H groups in total. The number of carbonyl (C=O) groups excluding carboxylic acids is 1. The van der Waals surface area contributed by atoms with Gasteiger partial charge in [-0.15, -0.1) is 0 Å². The van der Waals surface area contributed by atoms with Gasteiger partial charge in [-0.3, -0.25) is 9.79 Å². The lowest BCUT2D eigenvalue weighted by Gasteiger charge is -2.20. The average molecular weight is 350 g/mol. The third-order valence-corrected chi connectivity index (χ3v) is 5.03. The number of nitrogens with one attached hydrogen (secondary N) is 1. The van der Waals surface area contributed by atoms with Crippen molar-refractivity contribution in [3.8, 4) is 0 Å². The predicted molar refractivity (Wildman–Crippen MR) is 96.3 cm³/mol. The maximum absolute atomic E-state index is 11.9. The standard InChI is InChI=1S/C18H30N4O3/c1-6-13(7-2)16-8-14(25-21-16)9-20-18(19-4)22-10-12(3)15(11-22)17(23)24-5/h8,12-13,15H,6-7,9-11H2,1-5H3,(H,19,20). The number of ether oxygens (including phenoxy) is 1. The minimum Gasteiger partial charge on any atom is -0.469 e. The van der Waals surface area contributed by atoms with Crippen LogP contribution in [-0.2, 0) is 16.1 Å². The minimum atomic E-state index is -0.157. The third kappa shape index (κ3) is 4.52. The van der Waals surface area contributed by atoms with Crippen LogP contribution in [0, 0.1) is 11.8 Å². The number of hydrogen-bond donors (Lipinski definition) is 1. The highest BCUT2D eigenvalue weighted by Gasteiger charge is 2.36. The van der Waals surface area contributed by atoms with Crippen LogP contribution in [0.3, 0.4) is 0 Å². The smallest absolute Gasteiger partial charge is 0.310 e. The molecule has 1 saturated heterocycles. The van der Waals surface area contributed by atoms with Crippen molar-refractivity contribution >= 4 is 11.9 Å². The fourth-order valence-electron chi connectivity index (χ4n) is 3.41. The van der Waals surface area contributed by atoms with Crippen LogP contribution >= 0.6 is 0 Å². The lowest BCUT2D eigenvalue weighted by molar-refractivity contribution is -0.145. The summed E-state index contributed by atoms with van der Waals surface area (Å²) in [4.78, 5) is 18.3. The third-order valence-electron chi connectivity index (χ3n) is 5.03. The molecule has 2 unspecified atom stereocenters. The lowest BCUT2D eigenvalue weighted by Crippen LogP contribution is -2.40. The fraction of sp³-hybridized carbons (Fsp3) is 0.722. The fourth-order valence-corrected chi connectivity index (χ4v) is 3.41. The summed E-state index contributed by atoms with van der Waals surface area (Å²) < 4.78 is 10.3. The molecule has 0 aromatic carbocycles. The molecule has 25 heavy (non-hydrogen) atoms. The Bertz CT molecular complexity index is 595. The first-order valence-electron chi connectivity index (χ1n) is 9.02. The highest BCUT2D eigenvalue weighted by molar-refractivity contribution is 5.82. The van der Waals surface area contributed by atoms with E-state index in [9.17, 15) is 4.79 Å². The van der Waals surface area contributed by atoms with Crippen LogP contribution in [0.4, 0.5) is 0 Å². The second kappa shape index (κ2) is 8.87. The van der Waals surface area contributed by atoms with Crippen molar-refractivity contribution < 1.29 is 14.1 Å². The summed E-state index contributed by atoms with van der Waals surface area (Å²) in [5.74, 6) is 1.96. The molecule has 0 bridgehead atoms. The van der Waals surface area contributed by atoms with E-state index in [0.717, 1.165) is 36.8 Å². The first kappa shape index (κ1) is 19.3. The largest absolute Gasteiger partial charge is 0.469 e. The Labute approximate surface area is 149 Å². The summed E-state index contributed by atoms with van der Waals surface area (Å²) in [5, 5.41) is 7.49. The Kier molecular flexibility index (Phi) is 6.84. The molecule has 2 rings (SSSR count). The first-order chi connectivity index (χ1) is 12.0. The van der Waals surface area contributed by atoms with Gasteiger partial charge in [0.1, 0.15) is 0 Å². The van der Waals surface area contributed by atoms with Gasteiger partial charge < -0.3 is 19.5 Å². The van der Waals surface area contributed by atoms with Crippen LogP contribution in [0.1, 0.15) is 51.0 Å². The number of aliphatic imine (C=N–C) groups is 1. The molecule has 2 heterocycles. The van der Waals surface area contributed by atoms with Gasteiger partial charge in [0.05, 0.1) is 25.3 Å². The predicted octanol–water partition coefficient (Wildman–Crippen LogP) is 2.39. The molecule has 0 saturated carbocycles. The van der Waals surface area contributed by atoms with E-state index in [1.165, 1.54) is 7.11 Å². The molecule has 0 amide bonds. The van der Waals surface area contributed by atoms with Crippen LogP contribution < -0.4 is 5.32 Å². The van der Waals surface area contributed by atoms with Crippen molar-refractivity contribution in [3.05, 3.63) is 17.5 Å². The van der Waals surface area contributed by atoms with Crippen molar-refractivity contribution in [3.63, 3.8) is 0 Å². The molecule has 7 nitrogen and oxygen atoms in total. The molecule has 2 atom stereocenters. The molecule has 1 aromatic rings. The van der Waals surface area contributed by atoms with E-state index in [2.05, 4.69) is 41.1 Å². The van der Waals surface area contributed by atoms with E-state index in [1.807, 2.05) is 6.07 Å². The average Bonchev–Trinajstić information content (AvgIpc) is 3.23. The number of likely N-dealkylation sites (tertiary alicyclic amines) is 1. The second-order valence-electron chi connectivity index (χ2n) is 6.64. The summed E-state index contributed by atoms with van der Waals surface area (Å²) in [7, 11) is 3.18. The van der Waals surface area contributed by atoms with Gasteiger partial charge in [0.2, 0.25) is 0 Å². The number of carbonyl (C=O) groups is 1. The van der Waals surface area contributed by atoms with Gasteiger partial charge in [-0.1, -0.05) is 25.9 Å². The SMILES string of the molecule is CCC(CC)c1cc(CNC(=NC)N2CC(C)C(C(=O)OC)C2)on1. The number of aromatic nitrogens is 1. The van der Waals surface area contributed by atoms with Crippen molar-refractivity contribution in [2.45, 2.75) is 46.1 Å².